The molecule has 0 saturated heterocycles. The Balaban J connectivity index is 2.12. The summed E-state index contributed by atoms with van der Waals surface area (Å²) in [5.41, 5.74) is -2.87. The standard InChI is InChI=1S/C19H12F3NO2/c20-19(21,22)18(13-7-2-1-3-8-13)15-11-10-12-6-4-5-9-14(12)16(15)25-17(24)23-18/h1-11H,(H,23,24)/t18-/m1/s1. The number of benzene rings is 3. The third-order valence-corrected chi connectivity index (χ3v) is 4.40. The Hall–Kier alpha value is -3.02. The van der Waals surface area contributed by atoms with Gasteiger partial charge in [-0.3, -0.25) is 5.32 Å². The number of carbonyl (C=O) groups is 1. The van der Waals surface area contributed by atoms with E-state index in [2.05, 4.69) is 0 Å². The predicted octanol–water partition coefficient (Wildman–Crippen LogP) is 4.75. The number of amides is 1. The molecule has 1 heterocycles. The maximum absolute atomic E-state index is 14.3. The fraction of sp³-hybridized carbons (Fsp3) is 0.105. The average Bonchev–Trinajstić information content (AvgIpc) is 2.60. The van der Waals surface area contributed by atoms with Crippen molar-refractivity contribution in [2.75, 3.05) is 0 Å². The molecule has 0 fully saturated rings. The number of alkyl halides is 3. The predicted molar refractivity (Wildman–Crippen MR) is 86.4 cm³/mol. The van der Waals surface area contributed by atoms with E-state index in [4.69, 9.17) is 4.74 Å². The first-order chi connectivity index (χ1) is 11.9. The summed E-state index contributed by atoms with van der Waals surface area (Å²) in [4.78, 5) is 12.1. The second-order valence-electron chi connectivity index (χ2n) is 5.79. The molecule has 1 amide bonds. The number of rotatable bonds is 1. The molecule has 1 atom stereocenters. The van der Waals surface area contributed by atoms with Crippen LogP contribution in [-0.4, -0.2) is 12.3 Å². The number of carbonyl (C=O) groups excluding carboxylic acids is 1. The van der Waals surface area contributed by atoms with E-state index in [1.54, 1.807) is 36.4 Å². The Morgan fingerprint density at radius 1 is 0.880 bits per heavy atom. The van der Waals surface area contributed by atoms with Gasteiger partial charge in [0, 0.05) is 10.9 Å². The fourth-order valence-corrected chi connectivity index (χ4v) is 3.29. The summed E-state index contributed by atoms with van der Waals surface area (Å²) in [5.74, 6) is -0.0666. The van der Waals surface area contributed by atoms with Crippen molar-refractivity contribution in [1.29, 1.82) is 0 Å². The highest BCUT2D eigenvalue weighted by atomic mass is 19.4. The van der Waals surface area contributed by atoms with Gasteiger partial charge < -0.3 is 4.74 Å². The lowest BCUT2D eigenvalue weighted by Crippen LogP contribution is -2.60. The molecule has 0 radical (unpaired) electrons. The van der Waals surface area contributed by atoms with Crippen LogP contribution in [0.2, 0.25) is 0 Å². The zero-order valence-corrected chi connectivity index (χ0v) is 12.8. The van der Waals surface area contributed by atoms with Gasteiger partial charge in [-0.2, -0.15) is 13.2 Å². The van der Waals surface area contributed by atoms with Gasteiger partial charge in [0.2, 0.25) is 0 Å². The van der Waals surface area contributed by atoms with Crippen molar-refractivity contribution in [3.8, 4) is 5.75 Å². The molecular formula is C19H12F3NO2. The zero-order chi connectivity index (χ0) is 17.7. The van der Waals surface area contributed by atoms with Crippen LogP contribution in [0.4, 0.5) is 18.0 Å². The first kappa shape index (κ1) is 15.5. The molecule has 0 aliphatic carbocycles. The molecule has 126 valence electrons. The van der Waals surface area contributed by atoms with E-state index in [0.717, 1.165) is 0 Å². The number of nitrogens with one attached hydrogen (secondary N) is 1. The van der Waals surface area contributed by atoms with Crippen LogP contribution in [0.5, 0.6) is 5.75 Å². The maximum atomic E-state index is 14.3. The third-order valence-electron chi connectivity index (χ3n) is 4.40. The van der Waals surface area contributed by atoms with Crippen molar-refractivity contribution in [3.05, 3.63) is 77.9 Å². The van der Waals surface area contributed by atoms with Crippen LogP contribution in [0, 0.1) is 0 Å². The molecule has 1 aliphatic rings. The molecule has 4 rings (SSSR count). The largest absolute Gasteiger partial charge is 0.420 e. The second kappa shape index (κ2) is 5.24. The average molecular weight is 343 g/mol. The van der Waals surface area contributed by atoms with Gasteiger partial charge in [0.05, 0.1) is 0 Å². The van der Waals surface area contributed by atoms with Gasteiger partial charge in [-0.25, -0.2) is 4.79 Å². The number of ether oxygens (including phenoxy) is 1. The summed E-state index contributed by atoms with van der Waals surface area (Å²) in [6.45, 7) is 0. The zero-order valence-electron chi connectivity index (χ0n) is 12.8. The molecule has 3 nitrogen and oxygen atoms in total. The Morgan fingerprint density at radius 3 is 2.28 bits per heavy atom. The summed E-state index contributed by atoms with van der Waals surface area (Å²) in [6.07, 6.45) is -5.89. The molecule has 0 unspecified atom stereocenters. The molecule has 0 bridgehead atoms. The van der Waals surface area contributed by atoms with Crippen LogP contribution in [0.3, 0.4) is 0 Å². The van der Waals surface area contributed by atoms with E-state index in [9.17, 15) is 18.0 Å². The van der Waals surface area contributed by atoms with Crippen molar-refractivity contribution in [3.63, 3.8) is 0 Å². The second-order valence-corrected chi connectivity index (χ2v) is 5.79. The number of hydrogen-bond acceptors (Lipinski definition) is 2. The summed E-state index contributed by atoms with van der Waals surface area (Å²) in [5, 5.41) is 3.17. The number of fused-ring (bicyclic) bond motifs is 3. The molecule has 3 aromatic carbocycles. The lowest BCUT2D eigenvalue weighted by Gasteiger charge is -2.40. The maximum Gasteiger partial charge on any atom is 0.420 e. The van der Waals surface area contributed by atoms with Crippen LogP contribution in [0.15, 0.2) is 66.7 Å². The molecule has 1 N–H and O–H groups in total. The summed E-state index contributed by atoms with van der Waals surface area (Å²) in [6, 6.07) is 17.1. The molecule has 25 heavy (non-hydrogen) atoms. The highest BCUT2D eigenvalue weighted by Gasteiger charge is 2.61. The number of halogens is 3. The summed E-state index contributed by atoms with van der Waals surface area (Å²) >= 11 is 0. The Kier molecular flexibility index (Phi) is 3.25. The molecule has 1 aliphatic heterocycles. The third kappa shape index (κ3) is 2.17. The first-order valence-corrected chi connectivity index (χ1v) is 7.58. The molecule has 0 aromatic heterocycles. The van der Waals surface area contributed by atoms with Crippen LogP contribution < -0.4 is 10.1 Å². The van der Waals surface area contributed by atoms with Gasteiger partial charge in [0.15, 0.2) is 5.54 Å². The van der Waals surface area contributed by atoms with Gasteiger partial charge in [-0.15, -0.1) is 0 Å². The van der Waals surface area contributed by atoms with Crippen LogP contribution >= 0.6 is 0 Å². The highest BCUT2D eigenvalue weighted by molar-refractivity contribution is 5.94. The van der Waals surface area contributed by atoms with Crippen molar-refractivity contribution < 1.29 is 22.7 Å². The van der Waals surface area contributed by atoms with Crippen molar-refractivity contribution in [1.82, 2.24) is 5.32 Å². The normalized spacial score (nSPS) is 19.9. The molecular weight excluding hydrogens is 331 g/mol. The Morgan fingerprint density at radius 2 is 1.56 bits per heavy atom. The van der Waals surface area contributed by atoms with E-state index >= 15 is 0 Å². The van der Waals surface area contributed by atoms with E-state index < -0.39 is 17.8 Å². The van der Waals surface area contributed by atoms with Gasteiger partial charge in [0.25, 0.3) is 0 Å². The van der Waals surface area contributed by atoms with Crippen LogP contribution in [0.1, 0.15) is 11.1 Å². The van der Waals surface area contributed by atoms with E-state index in [-0.39, 0.29) is 16.9 Å². The lowest BCUT2D eigenvalue weighted by molar-refractivity contribution is -0.186. The quantitative estimate of drug-likeness (QED) is 0.693. The highest BCUT2D eigenvalue weighted by Crippen LogP contribution is 2.50. The first-order valence-electron chi connectivity index (χ1n) is 7.58. The van der Waals surface area contributed by atoms with Crippen molar-refractivity contribution in [2.45, 2.75) is 11.7 Å². The van der Waals surface area contributed by atoms with Gasteiger partial charge >= 0.3 is 12.3 Å². The van der Waals surface area contributed by atoms with Crippen LogP contribution in [0.25, 0.3) is 10.8 Å². The number of hydrogen-bond donors (Lipinski definition) is 1. The molecule has 0 spiro atoms. The minimum atomic E-state index is -4.76. The monoisotopic (exact) mass is 343 g/mol. The topological polar surface area (TPSA) is 38.3 Å². The van der Waals surface area contributed by atoms with E-state index in [1.165, 1.54) is 30.3 Å². The van der Waals surface area contributed by atoms with Gasteiger partial charge in [-0.1, -0.05) is 66.7 Å². The smallest absolute Gasteiger partial charge is 0.409 e. The Labute approximate surface area is 141 Å². The van der Waals surface area contributed by atoms with E-state index in [1.807, 2.05) is 5.32 Å². The molecule has 0 saturated carbocycles. The van der Waals surface area contributed by atoms with E-state index in [0.29, 0.717) is 10.8 Å². The molecule has 3 aromatic rings. The van der Waals surface area contributed by atoms with Crippen LogP contribution in [-0.2, 0) is 5.54 Å². The summed E-state index contributed by atoms with van der Waals surface area (Å²) in [7, 11) is 0. The lowest BCUT2D eigenvalue weighted by atomic mass is 9.80. The van der Waals surface area contributed by atoms with Crippen molar-refractivity contribution >= 4 is 16.9 Å². The van der Waals surface area contributed by atoms with Gasteiger partial charge in [-0.05, 0) is 10.9 Å². The SMILES string of the molecule is O=C1N[C@@](c2ccccc2)(C(F)(F)F)c2ccc3ccccc3c2O1. The minimum Gasteiger partial charge on any atom is -0.409 e. The fourth-order valence-electron chi connectivity index (χ4n) is 3.29. The van der Waals surface area contributed by atoms with Gasteiger partial charge in [0.1, 0.15) is 5.75 Å². The van der Waals surface area contributed by atoms with Crippen molar-refractivity contribution in [2.24, 2.45) is 0 Å². The minimum absolute atomic E-state index is 0.0666. The summed E-state index contributed by atoms with van der Waals surface area (Å²) < 4.78 is 48.0. The Bertz CT molecular complexity index is 969. The molecule has 6 heteroatoms.